The molecule has 1 unspecified atom stereocenters. The number of carbonyl (C=O) groups is 3. The number of ether oxygens (including phenoxy) is 2. The van der Waals surface area contributed by atoms with E-state index in [0.717, 1.165) is 10.9 Å². The number of carbonyl (C=O) groups excluding carboxylic acids is 3. The highest BCUT2D eigenvalue weighted by Crippen LogP contribution is 2.33. The first-order chi connectivity index (χ1) is 14.0. The van der Waals surface area contributed by atoms with Gasteiger partial charge in [0.1, 0.15) is 10.8 Å². The van der Waals surface area contributed by atoms with Crippen LogP contribution in [0.15, 0.2) is 18.2 Å². The van der Waals surface area contributed by atoms with Crippen LogP contribution in [0.5, 0.6) is 5.75 Å². The van der Waals surface area contributed by atoms with Crippen LogP contribution in [-0.2, 0) is 14.3 Å². The number of nitrogens with zero attached hydrogens (tertiary/aromatic N) is 1. The van der Waals surface area contributed by atoms with E-state index in [1.54, 1.807) is 13.8 Å². The predicted octanol–water partition coefficient (Wildman–Crippen LogP) is 3.42. The zero-order chi connectivity index (χ0) is 22.6. The summed E-state index contributed by atoms with van der Waals surface area (Å²) in [6.07, 6.45) is -1.22. The summed E-state index contributed by atoms with van der Waals surface area (Å²) in [4.78, 5) is 47.7. The molecular formula is C19H21N3O7S. The van der Waals surface area contributed by atoms with E-state index >= 15 is 0 Å². The summed E-state index contributed by atoms with van der Waals surface area (Å²) in [6.45, 7) is 6.20. The number of aryl methyl sites for hydroxylation is 1. The number of methoxy groups -OCH3 is 1. The Balaban J connectivity index is 2.19. The molecule has 0 aliphatic rings. The van der Waals surface area contributed by atoms with Gasteiger partial charge >= 0.3 is 5.97 Å². The van der Waals surface area contributed by atoms with E-state index in [2.05, 4.69) is 10.6 Å². The van der Waals surface area contributed by atoms with Crippen molar-refractivity contribution in [2.24, 2.45) is 0 Å². The molecule has 2 aromatic rings. The van der Waals surface area contributed by atoms with Crippen LogP contribution in [0.25, 0.3) is 0 Å². The van der Waals surface area contributed by atoms with Crippen LogP contribution in [-0.4, -0.2) is 35.9 Å². The molecule has 1 aromatic heterocycles. The van der Waals surface area contributed by atoms with Crippen LogP contribution >= 0.6 is 11.3 Å². The van der Waals surface area contributed by atoms with Gasteiger partial charge in [-0.25, -0.2) is 4.79 Å². The minimum atomic E-state index is -1.22. The van der Waals surface area contributed by atoms with E-state index in [1.165, 1.54) is 44.4 Å². The number of hydrogen-bond acceptors (Lipinski definition) is 8. The molecule has 0 aliphatic heterocycles. The Hall–Kier alpha value is -3.47. The van der Waals surface area contributed by atoms with Gasteiger partial charge in [-0.1, -0.05) is 0 Å². The van der Waals surface area contributed by atoms with Crippen LogP contribution in [0.2, 0.25) is 0 Å². The molecule has 0 fully saturated rings. The number of nitrogens with one attached hydrogen (secondary N) is 2. The zero-order valence-corrected chi connectivity index (χ0v) is 17.8. The Morgan fingerprint density at radius 2 is 1.87 bits per heavy atom. The predicted molar refractivity (Wildman–Crippen MR) is 111 cm³/mol. The Morgan fingerprint density at radius 3 is 2.43 bits per heavy atom. The van der Waals surface area contributed by atoms with E-state index in [1.807, 2.05) is 0 Å². The number of anilines is 2. The quantitative estimate of drug-likeness (QED) is 0.386. The van der Waals surface area contributed by atoms with Crippen LogP contribution in [0, 0.1) is 24.0 Å². The molecule has 1 aromatic carbocycles. The van der Waals surface area contributed by atoms with Gasteiger partial charge in [0.15, 0.2) is 6.10 Å². The summed E-state index contributed by atoms with van der Waals surface area (Å²) in [7, 11) is 1.35. The number of nitro groups is 1. The molecule has 0 saturated heterocycles. The lowest BCUT2D eigenvalue weighted by Crippen LogP contribution is -2.30. The Bertz CT molecular complexity index is 1020. The molecule has 10 nitrogen and oxygen atoms in total. The Labute approximate surface area is 176 Å². The highest BCUT2D eigenvalue weighted by molar-refractivity contribution is 7.16. The molecule has 0 saturated carbocycles. The average Bonchev–Trinajstić information content (AvgIpc) is 2.94. The lowest BCUT2D eigenvalue weighted by Gasteiger charge is -2.15. The third-order valence-corrected chi connectivity index (χ3v) is 5.31. The van der Waals surface area contributed by atoms with Crippen LogP contribution in [0.1, 0.15) is 34.6 Å². The number of benzene rings is 1. The minimum Gasteiger partial charge on any atom is -0.495 e. The van der Waals surface area contributed by atoms with Crippen molar-refractivity contribution in [2.75, 3.05) is 17.7 Å². The molecular weight excluding hydrogens is 414 g/mol. The Morgan fingerprint density at radius 1 is 1.20 bits per heavy atom. The summed E-state index contributed by atoms with van der Waals surface area (Å²) < 4.78 is 10.4. The molecule has 0 bridgehead atoms. The second-order valence-corrected chi connectivity index (χ2v) is 7.57. The van der Waals surface area contributed by atoms with Crippen molar-refractivity contribution in [1.82, 2.24) is 0 Å². The molecule has 11 heteroatoms. The molecule has 0 radical (unpaired) electrons. The van der Waals surface area contributed by atoms with Gasteiger partial charge in [-0.05, 0) is 32.4 Å². The number of amides is 2. The maximum absolute atomic E-state index is 12.7. The lowest BCUT2D eigenvalue weighted by molar-refractivity contribution is -0.384. The van der Waals surface area contributed by atoms with Crippen LogP contribution < -0.4 is 15.4 Å². The third-order valence-electron chi connectivity index (χ3n) is 4.18. The lowest BCUT2D eigenvalue weighted by atomic mass is 10.1. The topological polar surface area (TPSA) is 137 Å². The summed E-state index contributed by atoms with van der Waals surface area (Å²) in [6, 6.07) is 3.73. The molecule has 0 aliphatic carbocycles. The summed E-state index contributed by atoms with van der Waals surface area (Å²) >= 11 is 1.23. The summed E-state index contributed by atoms with van der Waals surface area (Å²) in [5.41, 5.74) is 0.656. The smallest absolute Gasteiger partial charge is 0.342 e. The third kappa shape index (κ3) is 5.11. The first-order valence-corrected chi connectivity index (χ1v) is 9.58. The van der Waals surface area contributed by atoms with Crippen LogP contribution in [0.3, 0.4) is 0 Å². The summed E-state index contributed by atoms with van der Waals surface area (Å²) in [5.74, 6) is -1.60. The summed E-state index contributed by atoms with van der Waals surface area (Å²) in [5, 5.41) is 16.4. The molecule has 1 atom stereocenters. The van der Waals surface area contributed by atoms with Crippen molar-refractivity contribution in [2.45, 2.75) is 33.8 Å². The van der Waals surface area contributed by atoms with Gasteiger partial charge in [0.05, 0.1) is 23.3 Å². The molecule has 160 valence electrons. The van der Waals surface area contributed by atoms with Crippen molar-refractivity contribution in [3.05, 3.63) is 44.3 Å². The van der Waals surface area contributed by atoms with Crippen molar-refractivity contribution in [3.63, 3.8) is 0 Å². The monoisotopic (exact) mass is 435 g/mol. The number of non-ortho nitro benzene ring substituents is 1. The average molecular weight is 435 g/mol. The molecule has 2 rings (SSSR count). The normalized spacial score (nSPS) is 11.4. The molecule has 2 amide bonds. The number of esters is 1. The number of hydrogen-bond donors (Lipinski definition) is 2. The molecule has 0 spiro atoms. The van der Waals surface area contributed by atoms with Crippen molar-refractivity contribution in [3.8, 4) is 5.75 Å². The fourth-order valence-electron chi connectivity index (χ4n) is 2.54. The number of thiophene rings is 1. The van der Waals surface area contributed by atoms with Gasteiger partial charge < -0.3 is 20.1 Å². The number of rotatable bonds is 7. The van der Waals surface area contributed by atoms with Gasteiger partial charge in [0, 0.05) is 23.9 Å². The van der Waals surface area contributed by atoms with E-state index in [0.29, 0.717) is 10.6 Å². The highest BCUT2D eigenvalue weighted by Gasteiger charge is 2.26. The van der Waals surface area contributed by atoms with Crippen molar-refractivity contribution < 1.29 is 28.8 Å². The fraction of sp³-hybridized carbons (Fsp3) is 0.316. The maximum atomic E-state index is 12.7. The SMILES string of the molecule is COc1ccc([N+](=O)[O-])cc1NC(=O)C(C)OC(=O)c1c(NC(C)=O)sc(C)c1C. The Kier molecular flexibility index (Phi) is 7.11. The van der Waals surface area contributed by atoms with E-state index in [-0.39, 0.29) is 28.6 Å². The first kappa shape index (κ1) is 22.8. The maximum Gasteiger partial charge on any atom is 0.342 e. The fourth-order valence-corrected chi connectivity index (χ4v) is 3.63. The molecule has 2 N–H and O–H groups in total. The number of nitro benzene ring substituents is 1. The zero-order valence-electron chi connectivity index (χ0n) is 17.0. The van der Waals surface area contributed by atoms with Gasteiger partial charge in [0.25, 0.3) is 11.6 Å². The second-order valence-electron chi connectivity index (χ2n) is 6.35. The van der Waals surface area contributed by atoms with Gasteiger partial charge in [-0.15, -0.1) is 11.3 Å². The van der Waals surface area contributed by atoms with E-state index in [9.17, 15) is 24.5 Å². The molecule has 30 heavy (non-hydrogen) atoms. The van der Waals surface area contributed by atoms with Gasteiger partial charge in [0.2, 0.25) is 5.91 Å². The van der Waals surface area contributed by atoms with E-state index in [4.69, 9.17) is 9.47 Å². The molecule has 1 heterocycles. The second kappa shape index (κ2) is 9.35. The van der Waals surface area contributed by atoms with Gasteiger partial charge in [-0.3, -0.25) is 19.7 Å². The largest absolute Gasteiger partial charge is 0.495 e. The first-order valence-electron chi connectivity index (χ1n) is 8.77. The van der Waals surface area contributed by atoms with E-state index < -0.39 is 22.9 Å². The van der Waals surface area contributed by atoms with Crippen molar-refractivity contribution in [1.29, 1.82) is 0 Å². The van der Waals surface area contributed by atoms with Crippen LogP contribution in [0.4, 0.5) is 16.4 Å². The standard InChI is InChI=1S/C19H21N3O7S/c1-9-11(3)30-18(20-12(4)23)16(9)19(25)29-10(2)17(24)21-14-8-13(22(26)27)6-7-15(14)28-5/h6-8,10H,1-5H3,(H,20,23)(H,21,24). The van der Waals surface area contributed by atoms with Crippen molar-refractivity contribution >= 4 is 45.5 Å². The minimum absolute atomic E-state index is 0.0705. The highest BCUT2D eigenvalue weighted by atomic mass is 32.1. The van der Waals surface area contributed by atoms with Gasteiger partial charge in [-0.2, -0.15) is 0 Å².